The highest BCUT2D eigenvalue weighted by Gasteiger charge is 2.32. The molecule has 0 spiro atoms. The largest absolute Gasteiger partial charge is 0.480 e. The molecule has 1 heterocycles. The van der Waals surface area contributed by atoms with Crippen molar-refractivity contribution in [3.8, 4) is 6.07 Å². The predicted octanol–water partition coefficient (Wildman–Crippen LogP) is -0.916. The molecule has 0 aromatic heterocycles. The van der Waals surface area contributed by atoms with Crippen molar-refractivity contribution in [3.05, 3.63) is 0 Å². The fourth-order valence-corrected chi connectivity index (χ4v) is 3.40. The van der Waals surface area contributed by atoms with Gasteiger partial charge in [0.15, 0.2) is 9.84 Å². The Balaban J connectivity index is 2.66. The van der Waals surface area contributed by atoms with Crippen molar-refractivity contribution in [2.75, 3.05) is 24.6 Å². The van der Waals surface area contributed by atoms with E-state index in [0.29, 0.717) is 6.42 Å². The molecule has 1 aliphatic rings. The van der Waals surface area contributed by atoms with Gasteiger partial charge < -0.3 is 5.11 Å². The fourth-order valence-electron chi connectivity index (χ4n) is 1.64. The second kappa shape index (κ2) is 4.59. The first-order chi connectivity index (χ1) is 6.94. The highest BCUT2D eigenvalue weighted by molar-refractivity contribution is 7.91. The maximum atomic E-state index is 11.2. The van der Waals surface area contributed by atoms with Crippen molar-refractivity contribution in [3.63, 3.8) is 0 Å². The minimum absolute atomic E-state index is 0.0397. The SMILES string of the molecule is N#CCN(CC(=O)O)C1CCS(=O)(=O)C1. The third kappa shape index (κ3) is 3.49. The number of nitriles is 1. The molecule has 1 unspecified atom stereocenters. The molecule has 0 aliphatic carbocycles. The highest BCUT2D eigenvalue weighted by atomic mass is 32.2. The number of carboxylic acids is 1. The molecular weight excluding hydrogens is 220 g/mol. The van der Waals surface area contributed by atoms with Crippen LogP contribution >= 0.6 is 0 Å². The first-order valence-corrected chi connectivity index (χ1v) is 6.30. The Hall–Kier alpha value is -1.13. The molecule has 1 fully saturated rings. The van der Waals surface area contributed by atoms with Crippen LogP contribution in [0.25, 0.3) is 0 Å². The van der Waals surface area contributed by atoms with Crippen molar-refractivity contribution in [2.24, 2.45) is 0 Å². The normalized spacial score (nSPS) is 23.9. The van der Waals surface area contributed by atoms with Gasteiger partial charge in [-0.1, -0.05) is 0 Å². The smallest absolute Gasteiger partial charge is 0.317 e. The molecule has 0 aromatic rings. The van der Waals surface area contributed by atoms with Crippen LogP contribution in [0, 0.1) is 11.3 Å². The van der Waals surface area contributed by atoms with E-state index in [-0.39, 0.29) is 30.6 Å². The van der Waals surface area contributed by atoms with Crippen LogP contribution in [0.2, 0.25) is 0 Å². The molecule has 1 N–H and O–H groups in total. The summed E-state index contributed by atoms with van der Waals surface area (Å²) >= 11 is 0. The van der Waals surface area contributed by atoms with Gasteiger partial charge in [0.1, 0.15) is 0 Å². The zero-order valence-corrected chi connectivity index (χ0v) is 8.90. The van der Waals surface area contributed by atoms with Crippen LogP contribution in [0.15, 0.2) is 0 Å². The van der Waals surface area contributed by atoms with E-state index in [4.69, 9.17) is 10.4 Å². The maximum Gasteiger partial charge on any atom is 0.317 e. The van der Waals surface area contributed by atoms with E-state index in [1.165, 1.54) is 4.90 Å². The van der Waals surface area contributed by atoms with Crippen molar-refractivity contribution < 1.29 is 18.3 Å². The lowest BCUT2D eigenvalue weighted by molar-refractivity contribution is -0.138. The maximum absolute atomic E-state index is 11.2. The number of sulfone groups is 1. The number of rotatable bonds is 4. The summed E-state index contributed by atoms with van der Waals surface area (Å²) in [6.07, 6.45) is 0.414. The van der Waals surface area contributed by atoms with Gasteiger partial charge in [-0.25, -0.2) is 8.42 Å². The highest BCUT2D eigenvalue weighted by Crippen LogP contribution is 2.17. The van der Waals surface area contributed by atoms with Crippen LogP contribution < -0.4 is 0 Å². The van der Waals surface area contributed by atoms with Crippen molar-refractivity contribution in [2.45, 2.75) is 12.5 Å². The summed E-state index contributed by atoms with van der Waals surface area (Å²) in [7, 11) is -3.04. The Morgan fingerprint density at radius 1 is 1.60 bits per heavy atom. The zero-order valence-electron chi connectivity index (χ0n) is 8.09. The molecule has 6 nitrogen and oxygen atoms in total. The van der Waals surface area contributed by atoms with Crippen molar-refractivity contribution >= 4 is 15.8 Å². The average Bonchev–Trinajstić information content (AvgIpc) is 2.44. The van der Waals surface area contributed by atoms with Gasteiger partial charge in [0.05, 0.1) is 30.7 Å². The number of aliphatic carboxylic acids is 1. The van der Waals surface area contributed by atoms with Gasteiger partial charge in [0, 0.05) is 6.04 Å². The minimum Gasteiger partial charge on any atom is -0.480 e. The molecule has 84 valence electrons. The number of carboxylic acid groups (broad SMARTS) is 1. The molecular formula is C8H12N2O4S. The Bertz CT molecular complexity index is 384. The first kappa shape index (κ1) is 11.9. The van der Waals surface area contributed by atoms with Gasteiger partial charge in [0.25, 0.3) is 0 Å². The van der Waals surface area contributed by atoms with E-state index in [9.17, 15) is 13.2 Å². The van der Waals surface area contributed by atoms with Crippen molar-refractivity contribution in [1.29, 1.82) is 5.26 Å². The Morgan fingerprint density at radius 2 is 2.27 bits per heavy atom. The molecule has 15 heavy (non-hydrogen) atoms. The van der Waals surface area contributed by atoms with E-state index in [1.807, 2.05) is 6.07 Å². The molecule has 0 radical (unpaired) electrons. The molecule has 0 bridgehead atoms. The van der Waals surface area contributed by atoms with Crippen LogP contribution in [-0.2, 0) is 14.6 Å². The molecule has 1 rings (SSSR count). The third-order valence-electron chi connectivity index (χ3n) is 2.34. The van der Waals surface area contributed by atoms with Crippen molar-refractivity contribution in [1.82, 2.24) is 4.90 Å². The lowest BCUT2D eigenvalue weighted by atomic mass is 10.2. The fraction of sp³-hybridized carbons (Fsp3) is 0.750. The summed E-state index contributed by atoms with van der Waals surface area (Å²) in [5.74, 6) is -1.00. The monoisotopic (exact) mass is 232 g/mol. The van der Waals surface area contributed by atoms with E-state index < -0.39 is 15.8 Å². The minimum atomic E-state index is -3.04. The van der Waals surface area contributed by atoms with Crippen LogP contribution in [0.3, 0.4) is 0 Å². The van der Waals surface area contributed by atoms with Gasteiger partial charge in [-0.3, -0.25) is 9.69 Å². The molecule has 0 amide bonds. The Morgan fingerprint density at radius 3 is 2.67 bits per heavy atom. The third-order valence-corrected chi connectivity index (χ3v) is 4.09. The van der Waals surface area contributed by atoms with Gasteiger partial charge >= 0.3 is 5.97 Å². The average molecular weight is 232 g/mol. The summed E-state index contributed by atoms with van der Waals surface area (Å²) in [4.78, 5) is 11.9. The van der Waals surface area contributed by atoms with Crippen LogP contribution in [-0.4, -0.2) is 55.0 Å². The van der Waals surface area contributed by atoms with Crippen LogP contribution in [0.4, 0.5) is 0 Å². The van der Waals surface area contributed by atoms with Gasteiger partial charge in [-0.2, -0.15) is 5.26 Å². The quantitative estimate of drug-likeness (QED) is 0.630. The molecule has 7 heteroatoms. The summed E-state index contributed by atoms with van der Waals surface area (Å²) in [5, 5.41) is 17.1. The van der Waals surface area contributed by atoms with Gasteiger partial charge in [-0.05, 0) is 6.42 Å². The van der Waals surface area contributed by atoms with E-state index in [0.717, 1.165) is 0 Å². The molecule has 0 aromatic carbocycles. The van der Waals surface area contributed by atoms with Crippen LogP contribution in [0.1, 0.15) is 6.42 Å². The number of carbonyl (C=O) groups is 1. The number of nitrogens with zero attached hydrogens (tertiary/aromatic N) is 2. The summed E-state index contributed by atoms with van der Waals surface area (Å²) in [6, 6.07) is 1.52. The zero-order chi connectivity index (χ0) is 11.5. The second-order valence-electron chi connectivity index (χ2n) is 3.51. The standard InChI is InChI=1S/C8H12N2O4S/c9-2-3-10(5-8(11)12)7-1-4-15(13,14)6-7/h7H,1,3-6H2,(H,11,12). The van der Waals surface area contributed by atoms with E-state index >= 15 is 0 Å². The van der Waals surface area contributed by atoms with Crippen LogP contribution in [0.5, 0.6) is 0 Å². The molecule has 1 saturated heterocycles. The Kier molecular flexibility index (Phi) is 3.66. The Labute approximate surface area is 88.0 Å². The lowest BCUT2D eigenvalue weighted by Gasteiger charge is -2.22. The van der Waals surface area contributed by atoms with Gasteiger partial charge in [0.2, 0.25) is 0 Å². The summed E-state index contributed by atoms with van der Waals surface area (Å²) < 4.78 is 22.4. The molecule has 0 saturated carbocycles. The molecule has 1 atom stereocenters. The first-order valence-electron chi connectivity index (χ1n) is 4.48. The van der Waals surface area contributed by atoms with E-state index in [1.54, 1.807) is 0 Å². The van der Waals surface area contributed by atoms with E-state index in [2.05, 4.69) is 0 Å². The topological polar surface area (TPSA) is 98.5 Å². The number of hydrogen-bond acceptors (Lipinski definition) is 5. The predicted molar refractivity (Wildman–Crippen MR) is 51.9 cm³/mol. The summed E-state index contributed by atoms with van der Waals surface area (Å²) in [6.45, 7) is -0.333. The lowest BCUT2D eigenvalue weighted by Crippen LogP contribution is -2.40. The number of hydrogen-bond donors (Lipinski definition) is 1. The molecule has 1 aliphatic heterocycles. The van der Waals surface area contributed by atoms with Gasteiger partial charge in [-0.15, -0.1) is 0 Å². The summed E-state index contributed by atoms with van der Waals surface area (Å²) in [5.41, 5.74) is 0. The second-order valence-corrected chi connectivity index (χ2v) is 5.74.